The number of carbonyl (C=O) groups is 1. The van der Waals surface area contributed by atoms with Gasteiger partial charge in [-0.1, -0.05) is 6.58 Å². The molecule has 5 unspecified atom stereocenters. The standard InChI is InChI=1S/C13H18O7S/c1-7(2)12(14)18-5-4-17-10-8-6-9-13(3,19-8)11(10)20-21(9,15)16/h8-11H,1,4-6H2,2-3H3. The van der Waals surface area contributed by atoms with E-state index in [9.17, 15) is 13.2 Å². The summed E-state index contributed by atoms with van der Waals surface area (Å²) in [6, 6.07) is 0. The van der Waals surface area contributed by atoms with Crippen molar-refractivity contribution >= 4 is 16.1 Å². The minimum absolute atomic E-state index is 0.0779. The fourth-order valence-electron chi connectivity index (χ4n) is 3.27. The molecule has 3 saturated heterocycles. The van der Waals surface area contributed by atoms with Crippen LogP contribution in [-0.4, -0.2) is 56.8 Å². The maximum Gasteiger partial charge on any atom is 0.333 e. The van der Waals surface area contributed by atoms with Crippen molar-refractivity contribution in [3.05, 3.63) is 12.2 Å². The summed E-state index contributed by atoms with van der Waals surface area (Å²) >= 11 is 0. The van der Waals surface area contributed by atoms with Crippen LogP contribution in [0.1, 0.15) is 20.3 Å². The molecule has 21 heavy (non-hydrogen) atoms. The maximum atomic E-state index is 11.9. The van der Waals surface area contributed by atoms with Gasteiger partial charge in [0, 0.05) is 5.57 Å². The van der Waals surface area contributed by atoms with E-state index in [2.05, 4.69) is 6.58 Å². The lowest BCUT2D eigenvalue weighted by atomic mass is 9.85. The maximum absolute atomic E-state index is 11.9. The van der Waals surface area contributed by atoms with Crippen molar-refractivity contribution in [3.8, 4) is 0 Å². The summed E-state index contributed by atoms with van der Waals surface area (Å²) in [6.45, 7) is 7.02. The van der Waals surface area contributed by atoms with Gasteiger partial charge in [0.05, 0.1) is 12.7 Å². The summed E-state index contributed by atoms with van der Waals surface area (Å²) in [5, 5.41) is -0.610. The second-order valence-corrected chi connectivity index (χ2v) is 7.57. The van der Waals surface area contributed by atoms with Crippen LogP contribution in [0.25, 0.3) is 0 Å². The van der Waals surface area contributed by atoms with Crippen LogP contribution in [0.5, 0.6) is 0 Å². The smallest absolute Gasteiger partial charge is 0.333 e. The molecule has 118 valence electrons. The third kappa shape index (κ3) is 2.21. The van der Waals surface area contributed by atoms with Gasteiger partial charge in [0.25, 0.3) is 10.1 Å². The molecular weight excluding hydrogens is 300 g/mol. The molecule has 0 radical (unpaired) electrons. The average Bonchev–Trinajstić information content (AvgIpc) is 2.89. The number of hydrogen-bond donors (Lipinski definition) is 0. The molecule has 3 fully saturated rings. The molecule has 7 nitrogen and oxygen atoms in total. The summed E-state index contributed by atoms with van der Waals surface area (Å²) < 4.78 is 45.3. The average molecular weight is 318 g/mol. The molecule has 8 heteroatoms. The molecule has 0 aromatic rings. The second-order valence-electron chi connectivity index (χ2n) is 5.83. The van der Waals surface area contributed by atoms with Crippen LogP contribution in [0, 0.1) is 0 Å². The lowest BCUT2D eigenvalue weighted by Crippen LogP contribution is -2.47. The van der Waals surface area contributed by atoms with Gasteiger partial charge in [-0.2, -0.15) is 8.42 Å². The highest BCUT2D eigenvalue weighted by Gasteiger charge is 2.73. The van der Waals surface area contributed by atoms with Gasteiger partial charge in [-0.25, -0.2) is 4.79 Å². The first-order valence-corrected chi connectivity index (χ1v) is 8.27. The van der Waals surface area contributed by atoms with E-state index >= 15 is 0 Å². The molecule has 2 bridgehead atoms. The topological polar surface area (TPSA) is 88.1 Å². The first-order valence-electron chi connectivity index (χ1n) is 6.80. The minimum atomic E-state index is -3.58. The van der Waals surface area contributed by atoms with Crippen molar-refractivity contribution in [1.29, 1.82) is 0 Å². The van der Waals surface area contributed by atoms with Gasteiger partial charge in [-0.15, -0.1) is 0 Å². The van der Waals surface area contributed by atoms with Crippen molar-refractivity contribution in [1.82, 2.24) is 0 Å². The fraction of sp³-hybridized carbons (Fsp3) is 0.769. The normalized spacial score (nSPS) is 42.2. The van der Waals surface area contributed by atoms with Crippen LogP contribution in [0.2, 0.25) is 0 Å². The summed E-state index contributed by atoms with van der Waals surface area (Å²) in [7, 11) is -3.58. The number of ether oxygens (including phenoxy) is 3. The van der Waals surface area contributed by atoms with Gasteiger partial charge in [-0.3, -0.25) is 4.18 Å². The molecule has 0 N–H and O–H groups in total. The first kappa shape index (κ1) is 15.0. The Morgan fingerprint density at radius 3 is 2.81 bits per heavy atom. The Morgan fingerprint density at radius 1 is 1.43 bits per heavy atom. The summed E-state index contributed by atoms with van der Waals surface area (Å²) in [6.07, 6.45) is -0.986. The number of fused-ring (bicyclic) bond motifs is 1. The molecule has 0 aliphatic carbocycles. The Hall–Kier alpha value is -0.960. The zero-order valence-corrected chi connectivity index (χ0v) is 12.7. The molecule has 5 atom stereocenters. The van der Waals surface area contributed by atoms with Gasteiger partial charge in [0.1, 0.15) is 29.7 Å². The fourth-order valence-corrected chi connectivity index (χ4v) is 5.18. The van der Waals surface area contributed by atoms with Gasteiger partial charge >= 0.3 is 5.97 Å². The Bertz CT molecular complexity index is 583. The molecule has 3 aliphatic rings. The van der Waals surface area contributed by atoms with Gasteiger partial charge < -0.3 is 14.2 Å². The third-order valence-corrected chi connectivity index (χ3v) is 6.12. The molecule has 0 spiro atoms. The molecule has 0 amide bonds. The van der Waals surface area contributed by atoms with Crippen LogP contribution in [0.3, 0.4) is 0 Å². The number of hydrogen-bond acceptors (Lipinski definition) is 7. The van der Waals surface area contributed by atoms with Crippen molar-refractivity contribution in [2.24, 2.45) is 0 Å². The monoisotopic (exact) mass is 318 g/mol. The van der Waals surface area contributed by atoms with E-state index in [-0.39, 0.29) is 19.3 Å². The lowest BCUT2D eigenvalue weighted by Gasteiger charge is -2.26. The third-order valence-electron chi connectivity index (χ3n) is 4.28. The lowest BCUT2D eigenvalue weighted by molar-refractivity contribution is -0.142. The molecule has 0 saturated carbocycles. The van der Waals surface area contributed by atoms with Crippen LogP contribution in [0.4, 0.5) is 0 Å². The molecule has 3 heterocycles. The van der Waals surface area contributed by atoms with Gasteiger partial charge in [-0.05, 0) is 20.3 Å². The Labute approximate surface area is 123 Å². The van der Waals surface area contributed by atoms with Crippen LogP contribution in [-0.2, 0) is 33.3 Å². The highest BCUT2D eigenvalue weighted by molar-refractivity contribution is 7.87. The van der Waals surface area contributed by atoms with Gasteiger partial charge in [0.15, 0.2) is 0 Å². The Balaban J connectivity index is 1.57. The number of rotatable bonds is 5. The van der Waals surface area contributed by atoms with Crippen molar-refractivity contribution in [3.63, 3.8) is 0 Å². The Kier molecular flexibility index (Phi) is 3.40. The predicted molar refractivity (Wildman–Crippen MR) is 71.0 cm³/mol. The van der Waals surface area contributed by atoms with Crippen LogP contribution < -0.4 is 0 Å². The van der Waals surface area contributed by atoms with Crippen molar-refractivity contribution in [2.45, 2.75) is 49.4 Å². The zero-order valence-electron chi connectivity index (χ0n) is 11.9. The van der Waals surface area contributed by atoms with E-state index in [4.69, 9.17) is 18.4 Å². The summed E-state index contributed by atoms with van der Waals surface area (Å²) in [5.74, 6) is -0.477. The predicted octanol–water partition coefficient (Wildman–Crippen LogP) is 0.149. The van der Waals surface area contributed by atoms with E-state index < -0.39 is 39.1 Å². The second kappa shape index (κ2) is 4.77. The molecule has 3 rings (SSSR count). The summed E-state index contributed by atoms with van der Waals surface area (Å²) in [4.78, 5) is 11.2. The van der Waals surface area contributed by atoms with E-state index in [1.807, 2.05) is 0 Å². The quantitative estimate of drug-likeness (QED) is 0.308. The molecule has 0 aromatic carbocycles. The molecule has 3 aliphatic heterocycles. The van der Waals surface area contributed by atoms with Crippen molar-refractivity contribution < 1.29 is 31.6 Å². The van der Waals surface area contributed by atoms with E-state index in [1.165, 1.54) is 0 Å². The molecular formula is C13H18O7S. The SMILES string of the molecule is C=C(C)C(=O)OCCOC1C2CC3C(C)(O2)C1OS3(=O)=O. The first-order chi connectivity index (χ1) is 9.75. The Morgan fingerprint density at radius 2 is 2.14 bits per heavy atom. The van der Waals surface area contributed by atoms with Crippen molar-refractivity contribution in [2.75, 3.05) is 13.2 Å². The minimum Gasteiger partial charge on any atom is -0.460 e. The van der Waals surface area contributed by atoms with E-state index in [1.54, 1.807) is 13.8 Å². The highest BCUT2D eigenvalue weighted by Crippen LogP contribution is 2.54. The van der Waals surface area contributed by atoms with E-state index in [0.29, 0.717) is 12.0 Å². The number of esters is 1. The highest BCUT2D eigenvalue weighted by atomic mass is 32.2. The largest absolute Gasteiger partial charge is 0.460 e. The number of carbonyl (C=O) groups excluding carboxylic acids is 1. The van der Waals surface area contributed by atoms with Crippen LogP contribution >= 0.6 is 0 Å². The zero-order chi connectivity index (χ0) is 15.4. The van der Waals surface area contributed by atoms with Gasteiger partial charge in [0.2, 0.25) is 0 Å². The summed E-state index contributed by atoms with van der Waals surface area (Å²) in [5.41, 5.74) is -0.512. The van der Waals surface area contributed by atoms with Crippen LogP contribution in [0.15, 0.2) is 12.2 Å². The van der Waals surface area contributed by atoms with E-state index in [0.717, 1.165) is 0 Å². The molecule has 0 aromatic heterocycles.